The number of rotatable bonds is 5. The Labute approximate surface area is 144 Å². The zero-order valence-electron chi connectivity index (χ0n) is 14.4. The van der Waals surface area contributed by atoms with Crippen LogP contribution < -0.4 is 10.1 Å². The van der Waals surface area contributed by atoms with Gasteiger partial charge in [-0.2, -0.15) is 0 Å². The number of ether oxygens (including phenoxy) is 1. The van der Waals surface area contributed by atoms with Crippen LogP contribution in [0.15, 0.2) is 18.2 Å². The summed E-state index contributed by atoms with van der Waals surface area (Å²) in [5, 5.41) is 3.21. The van der Waals surface area contributed by atoms with Gasteiger partial charge >= 0.3 is 0 Å². The highest BCUT2D eigenvalue weighted by molar-refractivity contribution is 5.79. The summed E-state index contributed by atoms with van der Waals surface area (Å²) in [6.07, 6.45) is 7.79. The third kappa shape index (κ3) is 3.59. The van der Waals surface area contributed by atoms with Gasteiger partial charge in [0.1, 0.15) is 5.75 Å². The van der Waals surface area contributed by atoms with E-state index in [2.05, 4.69) is 28.4 Å². The summed E-state index contributed by atoms with van der Waals surface area (Å²) in [7, 11) is 0. The third-order valence-corrected chi connectivity index (χ3v) is 5.88. The molecular weight excluding hydrogens is 300 g/mol. The molecule has 2 heterocycles. The molecule has 2 aliphatic heterocycles. The first-order chi connectivity index (χ1) is 11.8. The van der Waals surface area contributed by atoms with Crippen molar-refractivity contribution in [1.29, 1.82) is 0 Å². The molecule has 3 aliphatic rings. The van der Waals surface area contributed by atoms with Crippen LogP contribution >= 0.6 is 0 Å². The number of benzene rings is 1. The van der Waals surface area contributed by atoms with E-state index in [0.29, 0.717) is 11.9 Å². The molecular formula is C20H28N2O2. The Morgan fingerprint density at radius 3 is 2.79 bits per heavy atom. The second-order valence-corrected chi connectivity index (χ2v) is 7.54. The summed E-state index contributed by atoms with van der Waals surface area (Å²) >= 11 is 0. The highest BCUT2D eigenvalue weighted by atomic mass is 16.5. The van der Waals surface area contributed by atoms with Crippen LogP contribution in [0.2, 0.25) is 0 Å². The first kappa shape index (κ1) is 15.9. The van der Waals surface area contributed by atoms with Crippen molar-refractivity contribution in [3.05, 3.63) is 29.3 Å². The Bertz CT molecular complexity index is 589. The highest BCUT2D eigenvalue weighted by Gasteiger charge is 2.28. The number of nitrogens with one attached hydrogen (secondary N) is 1. The summed E-state index contributed by atoms with van der Waals surface area (Å²) in [4.78, 5) is 14.8. The molecule has 1 aliphatic carbocycles. The smallest absolute Gasteiger partial charge is 0.223 e. The van der Waals surface area contributed by atoms with Gasteiger partial charge in [-0.05, 0) is 68.8 Å². The molecule has 1 aromatic carbocycles. The number of hydrogen-bond donors (Lipinski definition) is 1. The number of carbonyl (C=O) groups excluding carboxylic acids is 1. The molecule has 0 bridgehead atoms. The molecule has 1 amide bonds. The number of amides is 1. The van der Waals surface area contributed by atoms with Gasteiger partial charge in [-0.15, -0.1) is 0 Å². The van der Waals surface area contributed by atoms with E-state index in [4.69, 9.17) is 4.74 Å². The van der Waals surface area contributed by atoms with E-state index in [1.165, 1.54) is 30.4 Å². The number of likely N-dealkylation sites (tertiary alicyclic amines) is 1. The predicted octanol–water partition coefficient (Wildman–Crippen LogP) is 2.54. The van der Waals surface area contributed by atoms with Crippen molar-refractivity contribution in [2.24, 2.45) is 5.92 Å². The van der Waals surface area contributed by atoms with Gasteiger partial charge < -0.3 is 15.0 Å². The van der Waals surface area contributed by atoms with Crippen molar-refractivity contribution in [1.82, 2.24) is 10.2 Å². The van der Waals surface area contributed by atoms with Crippen LogP contribution in [-0.4, -0.2) is 43.1 Å². The molecule has 24 heavy (non-hydrogen) atoms. The lowest BCUT2D eigenvalue weighted by molar-refractivity contribution is -0.127. The summed E-state index contributed by atoms with van der Waals surface area (Å²) < 4.78 is 5.57. The second kappa shape index (κ2) is 7.14. The fraction of sp³-hybridized carbons (Fsp3) is 0.650. The fourth-order valence-corrected chi connectivity index (χ4v) is 3.97. The van der Waals surface area contributed by atoms with Crippen molar-refractivity contribution in [3.63, 3.8) is 0 Å². The monoisotopic (exact) mass is 328 g/mol. The van der Waals surface area contributed by atoms with Crippen LogP contribution in [-0.2, 0) is 17.6 Å². The zero-order chi connectivity index (χ0) is 16.4. The Morgan fingerprint density at radius 1 is 1.21 bits per heavy atom. The second-order valence-electron chi connectivity index (χ2n) is 7.54. The summed E-state index contributed by atoms with van der Waals surface area (Å²) in [5.41, 5.74) is 2.77. The van der Waals surface area contributed by atoms with Gasteiger partial charge in [0.05, 0.1) is 6.61 Å². The van der Waals surface area contributed by atoms with Gasteiger partial charge in [-0.25, -0.2) is 0 Å². The summed E-state index contributed by atoms with van der Waals surface area (Å²) in [6, 6.07) is 7.10. The highest BCUT2D eigenvalue weighted by Crippen LogP contribution is 2.26. The van der Waals surface area contributed by atoms with Crippen LogP contribution in [0.25, 0.3) is 0 Å². The van der Waals surface area contributed by atoms with E-state index < -0.39 is 0 Å². The van der Waals surface area contributed by atoms with Crippen molar-refractivity contribution in [2.75, 3.05) is 26.2 Å². The minimum absolute atomic E-state index is 0.235. The first-order valence-electron chi connectivity index (χ1n) is 9.55. The molecule has 130 valence electrons. The van der Waals surface area contributed by atoms with E-state index in [0.717, 1.165) is 57.7 Å². The molecule has 4 nitrogen and oxygen atoms in total. The lowest BCUT2D eigenvalue weighted by Crippen LogP contribution is -2.46. The standard InChI is InChI=1S/C20H28N2O2/c23-20(21-18-2-1-3-18)16-7-11-22(12-8-16)10-6-15-4-5-19-17(14-15)9-13-24-19/h4-5,14,16,18H,1-3,6-13H2,(H,21,23). The number of piperidine rings is 1. The third-order valence-electron chi connectivity index (χ3n) is 5.88. The SMILES string of the molecule is O=C(NC1CCC1)C1CCN(CCc2ccc3c(c2)CCO3)CC1. The van der Waals surface area contributed by atoms with Crippen LogP contribution in [0.3, 0.4) is 0 Å². The molecule has 4 rings (SSSR count). The quantitative estimate of drug-likeness (QED) is 0.903. The molecule has 2 fully saturated rings. The molecule has 0 aromatic heterocycles. The average Bonchev–Trinajstić information content (AvgIpc) is 3.04. The molecule has 0 radical (unpaired) electrons. The van der Waals surface area contributed by atoms with E-state index in [1.54, 1.807) is 0 Å². The normalized spacial score (nSPS) is 21.8. The van der Waals surface area contributed by atoms with Crippen LogP contribution in [0.4, 0.5) is 0 Å². The van der Waals surface area contributed by atoms with E-state index in [9.17, 15) is 4.79 Å². The molecule has 4 heteroatoms. The topological polar surface area (TPSA) is 41.6 Å². The number of carbonyl (C=O) groups is 1. The Hall–Kier alpha value is -1.55. The van der Waals surface area contributed by atoms with Crippen molar-refractivity contribution in [2.45, 2.75) is 51.0 Å². The van der Waals surface area contributed by atoms with Crippen LogP contribution in [0.5, 0.6) is 5.75 Å². The van der Waals surface area contributed by atoms with Gasteiger partial charge in [0, 0.05) is 24.9 Å². The minimum atomic E-state index is 0.235. The zero-order valence-corrected chi connectivity index (χ0v) is 14.4. The molecule has 1 N–H and O–H groups in total. The molecule has 0 spiro atoms. The summed E-state index contributed by atoms with van der Waals surface area (Å²) in [5.74, 6) is 1.61. The fourth-order valence-electron chi connectivity index (χ4n) is 3.97. The average molecular weight is 328 g/mol. The van der Waals surface area contributed by atoms with Crippen molar-refractivity contribution < 1.29 is 9.53 Å². The van der Waals surface area contributed by atoms with Gasteiger partial charge in [-0.1, -0.05) is 12.1 Å². The van der Waals surface area contributed by atoms with Crippen LogP contribution in [0.1, 0.15) is 43.2 Å². The maximum absolute atomic E-state index is 12.3. The Morgan fingerprint density at radius 2 is 2.04 bits per heavy atom. The van der Waals surface area contributed by atoms with Crippen LogP contribution in [0, 0.1) is 5.92 Å². The Kier molecular flexibility index (Phi) is 4.74. The largest absolute Gasteiger partial charge is 0.493 e. The number of hydrogen-bond acceptors (Lipinski definition) is 3. The number of nitrogens with zero attached hydrogens (tertiary/aromatic N) is 1. The maximum Gasteiger partial charge on any atom is 0.223 e. The van der Waals surface area contributed by atoms with E-state index in [1.807, 2.05) is 0 Å². The maximum atomic E-state index is 12.3. The predicted molar refractivity (Wildman–Crippen MR) is 94.3 cm³/mol. The van der Waals surface area contributed by atoms with Gasteiger partial charge in [0.25, 0.3) is 0 Å². The molecule has 1 saturated carbocycles. The Balaban J connectivity index is 1.21. The summed E-state index contributed by atoms with van der Waals surface area (Å²) in [6.45, 7) is 4.03. The van der Waals surface area contributed by atoms with E-state index >= 15 is 0 Å². The lowest BCUT2D eigenvalue weighted by atomic mass is 9.90. The first-order valence-corrected chi connectivity index (χ1v) is 9.55. The van der Waals surface area contributed by atoms with Crippen molar-refractivity contribution >= 4 is 5.91 Å². The van der Waals surface area contributed by atoms with Crippen molar-refractivity contribution in [3.8, 4) is 5.75 Å². The molecule has 0 atom stereocenters. The molecule has 0 unspecified atom stereocenters. The lowest BCUT2D eigenvalue weighted by Gasteiger charge is -2.33. The van der Waals surface area contributed by atoms with Gasteiger partial charge in [0.15, 0.2) is 0 Å². The molecule has 1 aromatic rings. The number of fused-ring (bicyclic) bond motifs is 1. The van der Waals surface area contributed by atoms with Gasteiger partial charge in [0.2, 0.25) is 5.91 Å². The van der Waals surface area contributed by atoms with E-state index in [-0.39, 0.29) is 5.92 Å². The molecule has 1 saturated heterocycles. The van der Waals surface area contributed by atoms with Gasteiger partial charge in [-0.3, -0.25) is 4.79 Å². The minimum Gasteiger partial charge on any atom is -0.493 e.